The largest absolute Gasteiger partial charge is 0.507 e. The highest BCUT2D eigenvalue weighted by atomic mass is 16.5. The molecule has 0 aromatic heterocycles. The van der Waals surface area contributed by atoms with E-state index in [1.165, 1.54) is 108 Å². The van der Waals surface area contributed by atoms with Crippen LogP contribution >= 0.6 is 0 Å². The lowest BCUT2D eigenvalue weighted by Gasteiger charge is -2.38. The van der Waals surface area contributed by atoms with Crippen LogP contribution in [0.1, 0.15) is 146 Å². The summed E-state index contributed by atoms with van der Waals surface area (Å²) in [5, 5.41) is 11.0. The highest BCUT2D eigenvalue weighted by Crippen LogP contribution is 2.43. The second-order valence-corrected chi connectivity index (χ2v) is 12.6. The van der Waals surface area contributed by atoms with E-state index in [1.54, 1.807) is 0 Å². The van der Waals surface area contributed by atoms with E-state index in [1.807, 2.05) is 24.3 Å². The average Bonchev–Trinajstić information content (AvgIpc) is 2.92. The number of para-hydroxylation sites is 1. The van der Waals surface area contributed by atoms with Crippen molar-refractivity contribution in [2.45, 2.75) is 135 Å². The van der Waals surface area contributed by atoms with Gasteiger partial charge >= 0.3 is 0 Å². The van der Waals surface area contributed by atoms with Crippen molar-refractivity contribution in [2.24, 2.45) is 0 Å². The van der Waals surface area contributed by atoms with Gasteiger partial charge in [-0.1, -0.05) is 122 Å². The minimum atomic E-state index is 0.257. The summed E-state index contributed by atoms with van der Waals surface area (Å²) < 4.78 is 7.16. The van der Waals surface area contributed by atoms with E-state index in [0.29, 0.717) is 5.75 Å². The van der Waals surface area contributed by atoms with Crippen LogP contribution in [0, 0.1) is 0 Å². The molecular formula is C36H58NO2+. The standard InChI is InChI=1S/C36H57NO2/c1-5-7-8-9-10-11-12-13-14-15-16-17-18-19-20-23-26-37(3,4)33(6-2)32-29-36-31(28-34(32)38)27-30-24-21-22-25-35(30)39-36/h21-22,24-25,28-29,33H,5-20,23,26-27H2,1-4H3/p+1. The van der Waals surface area contributed by atoms with Crippen LogP contribution < -0.4 is 4.74 Å². The van der Waals surface area contributed by atoms with Gasteiger partial charge in [0.1, 0.15) is 23.3 Å². The summed E-state index contributed by atoms with van der Waals surface area (Å²) in [5.74, 6) is 2.26. The topological polar surface area (TPSA) is 29.5 Å². The number of hydrogen-bond donors (Lipinski definition) is 1. The molecule has 1 aliphatic rings. The molecule has 1 aliphatic heterocycles. The van der Waals surface area contributed by atoms with Crippen LogP contribution in [-0.4, -0.2) is 30.2 Å². The fraction of sp³-hybridized carbons (Fsp3) is 0.667. The SMILES string of the molecule is CCCCCCCCCCCCCCCCCC[N+](C)(C)C(CC)c1cc2c(cc1O)Cc1ccccc1O2. The molecule has 0 amide bonds. The molecule has 3 rings (SSSR count). The summed E-state index contributed by atoms with van der Waals surface area (Å²) in [7, 11) is 4.66. The number of aromatic hydroxyl groups is 1. The van der Waals surface area contributed by atoms with Gasteiger partial charge < -0.3 is 14.3 Å². The molecule has 39 heavy (non-hydrogen) atoms. The molecule has 2 aromatic carbocycles. The summed E-state index contributed by atoms with van der Waals surface area (Å²) in [6, 6.07) is 12.5. The summed E-state index contributed by atoms with van der Waals surface area (Å²) in [4.78, 5) is 0. The van der Waals surface area contributed by atoms with Gasteiger partial charge in [0.25, 0.3) is 0 Å². The normalized spacial score (nSPS) is 13.5. The first kappa shape index (κ1) is 31.5. The number of fused-ring (bicyclic) bond motifs is 2. The zero-order chi connectivity index (χ0) is 27.9. The van der Waals surface area contributed by atoms with Crippen LogP contribution in [0.2, 0.25) is 0 Å². The van der Waals surface area contributed by atoms with Crippen LogP contribution in [-0.2, 0) is 6.42 Å². The Morgan fingerprint density at radius 3 is 1.79 bits per heavy atom. The lowest BCUT2D eigenvalue weighted by molar-refractivity contribution is -0.921. The molecule has 2 aromatic rings. The second-order valence-electron chi connectivity index (χ2n) is 12.6. The Bertz CT molecular complexity index is 967. The number of ether oxygens (including phenoxy) is 1. The van der Waals surface area contributed by atoms with Gasteiger partial charge in [-0.25, -0.2) is 0 Å². The van der Waals surface area contributed by atoms with Crippen LogP contribution in [0.15, 0.2) is 36.4 Å². The number of benzene rings is 2. The molecular weight excluding hydrogens is 478 g/mol. The molecule has 0 radical (unpaired) electrons. The Balaban J connectivity index is 1.32. The molecule has 0 bridgehead atoms. The fourth-order valence-electron chi connectivity index (χ4n) is 6.51. The lowest BCUT2D eigenvalue weighted by atomic mass is 9.93. The Morgan fingerprint density at radius 2 is 1.23 bits per heavy atom. The predicted octanol–water partition coefficient (Wildman–Crippen LogP) is 10.9. The third-order valence-corrected chi connectivity index (χ3v) is 8.96. The lowest BCUT2D eigenvalue weighted by Crippen LogP contribution is -2.43. The van der Waals surface area contributed by atoms with E-state index in [-0.39, 0.29) is 6.04 Å². The van der Waals surface area contributed by atoms with E-state index in [2.05, 4.69) is 40.1 Å². The Labute approximate surface area is 240 Å². The minimum Gasteiger partial charge on any atom is -0.507 e. The fourth-order valence-corrected chi connectivity index (χ4v) is 6.51. The van der Waals surface area contributed by atoms with Gasteiger partial charge in [0, 0.05) is 18.4 Å². The van der Waals surface area contributed by atoms with Crippen molar-refractivity contribution in [3.63, 3.8) is 0 Å². The third-order valence-electron chi connectivity index (χ3n) is 8.96. The smallest absolute Gasteiger partial charge is 0.131 e. The van der Waals surface area contributed by atoms with E-state index in [0.717, 1.165) is 46.5 Å². The summed E-state index contributed by atoms with van der Waals surface area (Å²) >= 11 is 0. The maximum Gasteiger partial charge on any atom is 0.131 e. The molecule has 1 N–H and O–H groups in total. The molecule has 0 aliphatic carbocycles. The molecule has 218 valence electrons. The van der Waals surface area contributed by atoms with Crippen LogP contribution in [0.25, 0.3) is 0 Å². The number of phenolic OH excluding ortho intramolecular Hbond substituents is 1. The first-order chi connectivity index (χ1) is 19.0. The van der Waals surface area contributed by atoms with Gasteiger partial charge in [0.2, 0.25) is 0 Å². The molecule has 0 saturated heterocycles. The van der Waals surface area contributed by atoms with Gasteiger partial charge in [-0.15, -0.1) is 0 Å². The number of rotatable bonds is 20. The molecule has 0 fully saturated rings. The highest BCUT2D eigenvalue weighted by molar-refractivity contribution is 5.54. The number of quaternary nitrogens is 1. The third kappa shape index (κ3) is 10.2. The van der Waals surface area contributed by atoms with Crippen molar-refractivity contribution in [3.05, 3.63) is 53.1 Å². The summed E-state index contributed by atoms with van der Waals surface area (Å²) in [6.07, 6.45) is 24.2. The van der Waals surface area contributed by atoms with Gasteiger partial charge in [0.05, 0.1) is 26.2 Å². The number of hydrogen-bond acceptors (Lipinski definition) is 2. The van der Waals surface area contributed by atoms with Gasteiger partial charge in [0.15, 0.2) is 0 Å². The van der Waals surface area contributed by atoms with Crippen LogP contribution in [0.3, 0.4) is 0 Å². The van der Waals surface area contributed by atoms with E-state index < -0.39 is 0 Å². The van der Waals surface area contributed by atoms with Crippen molar-refractivity contribution in [1.82, 2.24) is 0 Å². The Hall–Kier alpha value is -2.00. The van der Waals surface area contributed by atoms with E-state index >= 15 is 0 Å². The molecule has 0 saturated carbocycles. The van der Waals surface area contributed by atoms with Crippen molar-refractivity contribution >= 4 is 0 Å². The molecule has 1 unspecified atom stereocenters. The monoisotopic (exact) mass is 536 g/mol. The number of phenols is 1. The summed E-state index contributed by atoms with van der Waals surface area (Å²) in [5.41, 5.74) is 3.29. The zero-order valence-corrected chi connectivity index (χ0v) is 25.8. The van der Waals surface area contributed by atoms with Crippen molar-refractivity contribution in [3.8, 4) is 17.2 Å². The van der Waals surface area contributed by atoms with Crippen molar-refractivity contribution < 1.29 is 14.3 Å². The van der Waals surface area contributed by atoms with E-state index in [4.69, 9.17) is 4.74 Å². The first-order valence-electron chi connectivity index (χ1n) is 16.4. The molecule has 0 spiro atoms. The van der Waals surface area contributed by atoms with Crippen molar-refractivity contribution in [1.29, 1.82) is 0 Å². The van der Waals surface area contributed by atoms with Gasteiger partial charge in [-0.05, 0) is 36.6 Å². The van der Waals surface area contributed by atoms with Crippen LogP contribution in [0.4, 0.5) is 0 Å². The summed E-state index contributed by atoms with van der Waals surface area (Å²) in [6.45, 7) is 5.67. The first-order valence-corrected chi connectivity index (χ1v) is 16.4. The van der Waals surface area contributed by atoms with E-state index in [9.17, 15) is 5.11 Å². The van der Waals surface area contributed by atoms with Crippen molar-refractivity contribution in [2.75, 3.05) is 20.6 Å². The maximum absolute atomic E-state index is 11.0. The number of nitrogens with zero attached hydrogens (tertiary/aromatic N) is 1. The van der Waals surface area contributed by atoms with Crippen LogP contribution in [0.5, 0.6) is 17.2 Å². The Kier molecular flexibility index (Phi) is 13.7. The maximum atomic E-state index is 11.0. The second kappa shape index (κ2) is 17.0. The molecule has 3 nitrogen and oxygen atoms in total. The highest BCUT2D eigenvalue weighted by Gasteiger charge is 2.32. The number of unbranched alkanes of at least 4 members (excludes halogenated alkanes) is 15. The zero-order valence-electron chi connectivity index (χ0n) is 25.8. The molecule has 3 heteroatoms. The molecule has 1 heterocycles. The quantitative estimate of drug-likeness (QED) is 0.115. The minimum absolute atomic E-state index is 0.257. The Morgan fingerprint density at radius 1 is 0.692 bits per heavy atom. The van der Waals surface area contributed by atoms with Gasteiger partial charge in [-0.2, -0.15) is 0 Å². The molecule has 1 atom stereocenters. The predicted molar refractivity (Wildman–Crippen MR) is 167 cm³/mol. The van der Waals surface area contributed by atoms with Gasteiger partial charge in [-0.3, -0.25) is 0 Å². The average molecular weight is 537 g/mol.